The van der Waals surface area contributed by atoms with Gasteiger partial charge in [0.15, 0.2) is 5.65 Å². The molecule has 0 saturated heterocycles. The summed E-state index contributed by atoms with van der Waals surface area (Å²) in [5.74, 6) is 0.730. The van der Waals surface area contributed by atoms with Crippen LogP contribution in [0.4, 0.5) is 0 Å². The third kappa shape index (κ3) is 6.09. The van der Waals surface area contributed by atoms with Gasteiger partial charge in [0.05, 0.1) is 23.5 Å². The van der Waals surface area contributed by atoms with E-state index >= 15 is 0 Å². The number of nitrogens with zero attached hydrogens (tertiary/aromatic N) is 4. The van der Waals surface area contributed by atoms with Gasteiger partial charge in [-0.3, -0.25) is 9.20 Å². The number of hydrogen-bond donors (Lipinski definition) is 1. The van der Waals surface area contributed by atoms with Crippen LogP contribution in [0.15, 0.2) is 42.6 Å². The Morgan fingerprint density at radius 2 is 1.92 bits per heavy atom. The van der Waals surface area contributed by atoms with E-state index in [9.17, 15) is 4.79 Å². The monoisotopic (exact) mass is 519 g/mol. The van der Waals surface area contributed by atoms with Crippen molar-refractivity contribution in [1.82, 2.24) is 19.9 Å². The molecular formula is C28H37N5O3Si. The summed E-state index contributed by atoms with van der Waals surface area (Å²) in [4.78, 5) is 12.3. The van der Waals surface area contributed by atoms with Gasteiger partial charge in [-0.15, -0.1) is 10.2 Å². The predicted octanol–water partition coefficient (Wildman–Crippen LogP) is 5.02. The molecular weight excluding hydrogens is 482 g/mol. The fraction of sp³-hybridized carbons (Fsp3) is 0.500. The molecule has 196 valence electrons. The maximum absolute atomic E-state index is 12.3. The van der Waals surface area contributed by atoms with Gasteiger partial charge >= 0.3 is 0 Å². The van der Waals surface area contributed by atoms with E-state index < -0.39 is 13.7 Å². The maximum Gasteiger partial charge on any atom is 0.251 e. The van der Waals surface area contributed by atoms with Crippen molar-refractivity contribution in [2.24, 2.45) is 0 Å². The molecule has 0 radical (unpaired) electrons. The number of nitrogens with one attached hydrogen (secondary N) is 1. The molecule has 1 saturated carbocycles. The molecule has 0 spiro atoms. The smallest absolute Gasteiger partial charge is 0.251 e. The molecule has 3 aromatic rings. The highest BCUT2D eigenvalue weighted by molar-refractivity contribution is 6.76. The number of fused-ring (bicyclic) bond motifs is 1. The molecule has 37 heavy (non-hydrogen) atoms. The first-order chi connectivity index (χ1) is 17.6. The quantitative estimate of drug-likeness (QED) is 0.205. The minimum atomic E-state index is -1.14. The summed E-state index contributed by atoms with van der Waals surface area (Å²) in [5.41, 5.74) is 2.62. The van der Waals surface area contributed by atoms with Gasteiger partial charge in [0.25, 0.3) is 5.91 Å². The van der Waals surface area contributed by atoms with Crippen molar-refractivity contribution in [3.8, 4) is 6.07 Å². The summed E-state index contributed by atoms with van der Waals surface area (Å²) in [6, 6.07) is 14.9. The van der Waals surface area contributed by atoms with Crippen LogP contribution in [0.1, 0.15) is 60.4 Å². The van der Waals surface area contributed by atoms with Crippen molar-refractivity contribution in [1.29, 1.82) is 5.26 Å². The summed E-state index contributed by atoms with van der Waals surface area (Å²) in [6.07, 6.45) is 4.24. The van der Waals surface area contributed by atoms with E-state index in [1.165, 1.54) is 0 Å². The van der Waals surface area contributed by atoms with Gasteiger partial charge in [0.1, 0.15) is 12.6 Å². The van der Waals surface area contributed by atoms with E-state index in [0.717, 1.165) is 41.5 Å². The lowest BCUT2D eigenvalue weighted by Crippen LogP contribution is -2.26. The normalized spacial score (nSPS) is 14.9. The molecule has 0 aliphatic heterocycles. The third-order valence-corrected chi connectivity index (χ3v) is 8.69. The minimum Gasteiger partial charge on any atom is -0.356 e. The number of ether oxygens (including phenoxy) is 2. The van der Waals surface area contributed by atoms with Gasteiger partial charge in [-0.2, -0.15) is 5.26 Å². The molecule has 8 nitrogen and oxygen atoms in total. The molecule has 0 unspecified atom stereocenters. The van der Waals surface area contributed by atoms with Gasteiger partial charge in [0.2, 0.25) is 0 Å². The number of aromatic nitrogens is 3. The number of pyridine rings is 1. The second-order valence-corrected chi connectivity index (χ2v) is 17.1. The zero-order valence-electron chi connectivity index (χ0n) is 22.5. The molecule has 1 amide bonds. The number of carbonyl (C=O) groups is 1. The highest BCUT2D eigenvalue weighted by atomic mass is 28.3. The van der Waals surface area contributed by atoms with Crippen molar-refractivity contribution < 1.29 is 14.3 Å². The minimum absolute atomic E-state index is 0.170. The summed E-state index contributed by atoms with van der Waals surface area (Å²) in [7, 11) is -1.14. The van der Waals surface area contributed by atoms with E-state index in [4.69, 9.17) is 14.7 Å². The van der Waals surface area contributed by atoms with Gasteiger partial charge in [0, 0.05) is 38.5 Å². The summed E-state index contributed by atoms with van der Waals surface area (Å²) >= 11 is 0. The van der Waals surface area contributed by atoms with E-state index in [1.807, 2.05) is 62.5 Å². The highest BCUT2D eigenvalue weighted by Gasteiger charge is 2.50. The molecule has 2 aromatic heterocycles. The standard InChI is InChI=1S/C28H37N5O3Si/c1-27(2,36-20-35-18-19-37(3,4)5)23-8-6-17-33-24(23)31-32-26(33)28(13-14-28)22-11-9-21(10-12-22)25(34)30-16-7-15-29/h6,8-12,17H,7,13-14,16,18-20H2,1-5H3,(H,30,34). The van der Waals surface area contributed by atoms with E-state index in [1.54, 1.807) is 0 Å². The lowest BCUT2D eigenvalue weighted by Gasteiger charge is -2.26. The summed E-state index contributed by atoms with van der Waals surface area (Å²) in [5, 5.41) is 20.7. The van der Waals surface area contributed by atoms with E-state index in [2.05, 4.69) is 39.6 Å². The van der Waals surface area contributed by atoms with Crippen LogP contribution in [0.25, 0.3) is 5.65 Å². The van der Waals surface area contributed by atoms with Crippen LogP contribution < -0.4 is 5.32 Å². The Morgan fingerprint density at radius 3 is 2.57 bits per heavy atom. The highest BCUT2D eigenvalue weighted by Crippen LogP contribution is 2.53. The Labute approximate surface area is 220 Å². The van der Waals surface area contributed by atoms with Crippen LogP contribution in [-0.4, -0.2) is 48.5 Å². The Bertz CT molecular complexity index is 1280. The van der Waals surface area contributed by atoms with Crippen LogP contribution >= 0.6 is 0 Å². The Balaban J connectivity index is 1.51. The Kier molecular flexibility index (Phi) is 7.83. The summed E-state index contributed by atoms with van der Waals surface area (Å²) < 4.78 is 14.0. The fourth-order valence-corrected chi connectivity index (χ4v) is 5.21. The van der Waals surface area contributed by atoms with Gasteiger partial charge < -0.3 is 14.8 Å². The first-order valence-corrected chi connectivity index (χ1v) is 16.6. The largest absolute Gasteiger partial charge is 0.356 e. The average molecular weight is 520 g/mol. The van der Waals surface area contributed by atoms with Crippen molar-refractivity contribution in [2.45, 2.75) is 69.8 Å². The third-order valence-electron chi connectivity index (χ3n) is 6.98. The second-order valence-electron chi connectivity index (χ2n) is 11.5. The summed E-state index contributed by atoms with van der Waals surface area (Å²) in [6.45, 7) is 12.4. The number of hydrogen-bond acceptors (Lipinski definition) is 6. The van der Waals surface area contributed by atoms with Crippen LogP contribution in [0.3, 0.4) is 0 Å². The van der Waals surface area contributed by atoms with Crippen LogP contribution in [0.5, 0.6) is 0 Å². The number of benzene rings is 1. The van der Waals surface area contributed by atoms with Crippen molar-refractivity contribution in [3.63, 3.8) is 0 Å². The van der Waals surface area contributed by atoms with Crippen LogP contribution in [-0.2, 0) is 20.5 Å². The molecule has 0 atom stereocenters. The first-order valence-electron chi connectivity index (χ1n) is 12.9. The van der Waals surface area contributed by atoms with Gasteiger partial charge in [-0.05, 0) is 56.5 Å². The zero-order valence-corrected chi connectivity index (χ0v) is 23.5. The molecule has 1 aliphatic carbocycles. The van der Waals surface area contributed by atoms with Crippen molar-refractivity contribution in [2.75, 3.05) is 19.9 Å². The average Bonchev–Trinajstić information content (AvgIpc) is 3.54. The molecule has 1 aromatic carbocycles. The molecule has 1 N–H and O–H groups in total. The van der Waals surface area contributed by atoms with Gasteiger partial charge in [-0.25, -0.2) is 0 Å². The molecule has 0 bridgehead atoms. The van der Waals surface area contributed by atoms with Gasteiger partial charge in [-0.1, -0.05) is 37.8 Å². The van der Waals surface area contributed by atoms with Crippen LogP contribution in [0.2, 0.25) is 25.7 Å². The second kappa shape index (κ2) is 10.7. The molecule has 2 heterocycles. The zero-order chi connectivity index (χ0) is 26.7. The van der Waals surface area contributed by atoms with E-state index in [-0.39, 0.29) is 18.1 Å². The van der Waals surface area contributed by atoms with Crippen molar-refractivity contribution >= 4 is 19.6 Å². The number of rotatable bonds is 12. The molecule has 1 fully saturated rings. The molecule has 1 aliphatic rings. The number of carbonyl (C=O) groups excluding carboxylic acids is 1. The number of amides is 1. The SMILES string of the molecule is CC(C)(OCOCC[Si](C)(C)C)c1cccn2c(C3(c4ccc(C(=O)NCCC#N)cc4)CC3)nnc12. The predicted molar refractivity (Wildman–Crippen MR) is 145 cm³/mol. The number of nitriles is 1. The first kappa shape index (κ1) is 27.0. The lowest BCUT2D eigenvalue weighted by molar-refractivity contribution is -0.128. The van der Waals surface area contributed by atoms with E-state index in [0.29, 0.717) is 25.1 Å². The topological polar surface area (TPSA) is 102 Å². The molecule has 9 heteroatoms. The maximum atomic E-state index is 12.3. The van der Waals surface area contributed by atoms with Crippen molar-refractivity contribution in [3.05, 3.63) is 65.1 Å². The fourth-order valence-electron chi connectivity index (χ4n) is 4.46. The Morgan fingerprint density at radius 1 is 1.19 bits per heavy atom. The van der Waals surface area contributed by atoms with Crippen LogP contribution in [0, 0.1) is 11.3 Å². The lowest BCUT2D eigenvalue weighted by atomic mass is 9.93. The Hall–Kier alpha value is -3.06. The molecule has 4 rings (SSSR count).